The van der Waals surface area contributed by atoms with Gasteiger partial charge < -0.3 is 33.2 Å². The van der Waals surface area contributed by atoms with Crippen molar-refractivity contribution in [3.63, 3.8) is 0 Å². The minimum Gasteiger partial charge on any atom is -0.497 e. The Balaban J connectivity index is 1.80. The van der Waals surface area contributed by atoms with Gasteiger partial charge in [-0.25, -0.2) is 4.68 Å². The number of para-hydroxylation sites is 1. The number of ether oxygens (including phenoxy) is 7. The first-order chi connectivity index (χ1) is 21.5. The Hall–Kier alpha value is -4.91. The van der Waals surface area contributed by atoms with Crippen molar-refractivity contribution >= 4 is 23.9 Å². The highest BCUT2D eigenvalue weighted by Gasteiger charge is 2.53. The summed E-state index contributed by atoms with van der Waals surface area (Å²) in [6, 6.07) is 16.9. The number of rotatable bonds is 11. The van der Waals surface area contributed by atoms with E-state index in [1.54, 1.807) is 11.8 Å². The zero-order chi connectivity index (χ0) is 32.7. The normalized spacial score (nSPS) is 20.9. The fourth-order valence-electron chi connectivity index (χ4n) is 4.97. The zero-order valence-electron chi connectivity index (χ0n) is 25.9. The number of hydrogen-bond donors (Lipinski definition) is 0. The average molecular weight is 625 g/mol. The van der Waals surface area contributed by atoms with Crippen LogP contribution in [0.4, 0.5) is 0 Å². The van der Waals surface area contributed by atoms with Crippen LogP contribution in [0.5, 0.6) is 11.6 Å². The number of esters is 4. The molecule has 13 heteroatoms. The van der Waals surface area contributed by atoms with Crippen molar-refractivity contribution < 1.29 is 52.3 Å². The highest BCUT2D eigenvalue weighted by molar-refractivity contribution is 5.68. The molecule has 4 rings (SSSR count). The molecule has 2 heterocycles. The summed E-state index contributed by atoms with van der Waals surface area (Å²) in [5.41, 5.74) is 3.15. The molecule has 13 nitrogen and oxygen atoms in total. The SMILES string of the molecule is COc1ccc(Cc2c(OC3O[C@H](COC(C)=O)[C@@H](OC(C)=O)[C@H](OC(C)=O)[C@H]3OC(C)=O)nn(-c3ccccc3)c2C)cc1. The maximum Gasteiger partial charge on any atom is 0.303 e. The van der Waals surface area contributed by atoms with Crippen LogP contribution in [-0.2, 0) is 49.3 Å². The molecule has 1 aliphatic rings. The molecule has 0 amide bonds. The molecule has 5 atom stereocenters. The summed E-state index contributed by atoms with van der Waals surface area (Å²) in [5, 5.41) is 4.74. The van der Waals surface area contributed by atoms with Crippen LogP contribution in [-0.4, -0.2) is 78.1 Å². The number of aromatic nitrogens is 2. The van der Waals surface area contributed by atoms with Gasteiger partial charge in [0.15, 0.2) is 12.2 Å². The van der Waals surface area contributed by atoms with E-state index >= 15 is 0 Å². The van der Waals surface area contributed by atoms with Gasteiger partial charge >= 0.3 is 23.9 Å². The molecule has 0 N–H and O–H groups in total. The molecule has 3 aromatic rings. The highest BCUT2D eigenvalue weighted by Crippen LogP contribution is 2.34. The van der Waals surface area contributed by atoms with Crippen LogP contribution < -0.4 is 9.47 Å². The summed E-state index contributed by atoms with van der Waals surface area (Å²) in [6.07, 6.45) is -6.29. The molecule has 0 radical (unpaired) electrons. The minimum atomic E-state index is -1.43. The molecule has 1 fully saturated rings. The number of benzene rings is 2. The molecule has 1 saturated heterocycles. The Morgan fingerprint density at radius 3 is 1.98 bits per heavy atom. The lowest BCUT2D eigenvalue weighted by Gasteiger charge is -2.43. The molecule has 2 aromatic carbocycles. The summed E-state index contributed by atoms with van der Waals surface area (Å²) in [6.45, 7) is 6.18. The molecule has 1 aliphatic heterocycles. The first-order valence-electron chi connectivity index (χ1n) is 14.2. The van der Waals surface area contributed by atoms with Gasteiger partial charge in [0.05, 0.1) is 12.8 Å². The Morgan fingerprint density at radius 1 is 0.800 bits per heavy atom. The summed E-state index contributed by atoms with van der Waals surface area (Å²) < 4.78 is 41.3. The lowest BCUT2D eigenvalue weighted by molar-refractivity contribution is -0.289. The number of carbonyl (C=O) groups excluding carboxylic acids is 4. The largest absolute Gasteiger partial charge is 0.497 e. The number of hydrogen-bond acceptors (Lipinski definition) is 12. The van der Waals surface area contributed by atoms with Gasteiger partial charge in [-0.2, -0.15) is 0 Å². The van der Waals surface area contributed by atoms with E-state index in [4.69, 9.17) is 38.3 Å². The lowest BCUT2D eigenvalue weighted by atomic mass is 9.98. The van der Waals surface area contributed by atoms with Gasteiger partial charge in [-0.1, -0.05) is 30.3 Å². The highest BCUT2D eigenvalue weighted by atomic mass is 16.7. The molecule has 0 spiro atoms. The van der Waals surface area contributed by atoms with E-state index in [1.807, 2.05) is 61.5 Å². The quantitative estimate of drug-likeness (QED) is 0.228. The maximum atomic E-state index is 12.3. The van der Waals surface area contributed by atoms with E-state index in [0.717, 1.165) is 37.7 Å². The standard InChI is InChI=1S/C32H36N2O11/c1-18-26(16-23-12-14-25(39-6)15-13-23)31(33-34(18)24-10-8-7-9-11-24)45-32-30(43-22(5)38)29(42-21(4)37)28(41-20(3)36)27(44-32)17-40-19(2)35/h7-15,27-30,32H,16-17H2,1-6H3/t27-,28-,29+,30-,32?/m1/s1. The number of carbonyl (C=O) groups is 4. The van der Waals surface area contributed by atoms with E-state index in [2.05, 4.69) is 0 Å². The fourth-order valence-corrected chi connectivity index (χ4v) is 4.97. The van der Waals surface area contributed by atoms with E-state index in [-0.39, 0.29) is 12.5 Å². The first kappa shape index (κ1) is 33.0. The van der Waals surface area contributed by atoms with Crippen molar-refractivity contribution in [1.29, 1.82) is 0 Å². The predicted molar refractivity (Wildman–Crippen MR) is 157 cm³/mol. The topological polar surface area (TPSA) is 151 Å². The van der Waals surface area contributed by atoms with Crippen LogP contribution in [0.2, 0.25) is 0 Å². The smallest absolute Gasteiger partial charge is 0.303 e. The molecule has 0 saturated carbocycles. The van der Waals surface area contributed by atoms with E-state index < -0.39 is 54.6 Å². The molecular weight excluding hydrogens is 588 g/mol. The second-order valence-corrected chi connectivity index (χ2v) is 10.3. The summed E-state index contributed by atoms with van der Waals surface area (Å²) in [5.74, 6) is -1.99. The van der Waals surface area contributed by atoms with Crippen molar-refractivity contribution in [2.75, 3.05) is 13.7 Å². The van der Waals surface area contributed by atoms with Crippen molar-refractivity contribution in [3.8, 4) is 17.3 Å². The van der Waals surface area contributed by atoms with Crippen LogP contribution in [0.1, 0.15) is 44.5 Å². The molecule has 1 aromatic heterocycles. The van der Waals surface area contributed by atoms with Gasteiger partial charge in [0.2, 0.25) is 18.3 Å². The first-order valence-corrected chi connectivity index (χ1v) is 14.2. The Kier molecular flexibility index (Phi) is 10.8. The predicted octanol–water partition coefficient (Wildman–Crippen LogP) is 3.24. The third-order valence-corrected chi connectivity index (χ3v) is 6.92. The molecule has 0 aliphatic carbocycles. The van der Waals surface area contributed by atoms with Gasteiger partial charge in [-0.15, -0.1) is 5.10 Å². The minimum absolute atomic E-state index is 0.146. The zero-order valence-corrected chi connectivity index (χ0v) is 25.9. The third kappa shape index (κ3) is 8.38. The van der Waals surface area contributed by atoms with Crippen LogP contribution in [0.15, 0.2) is 54.6 Å². The van der Waals surface area contributed by atoms with Crippen molar-refractivity contribution in [3.05, 3.63) is 71.4 Å². The molecule has 0 bridgehead atoms. The van der Waals surface area contributed by atoms with Crippen molar-refractivity contribution in [2.45, 2.75) is 71.7 Å². The van der Waals surface area contributed by atoms with Gasteiger partial charge in [-0.05, 0) is 36.8 Å². The van der Waals surface area contributed by atoms with Gasteiger partial charge in [-0.3, -0.25) is 19.2 Å². The average Bonchev–Trinajstić information content (AvgIpc) is 3.29. The van der Waals surface area contributed by atoms with Crippen LogP contribution >= 0.6 is 0 Å². The molecule has 1 unspecified atom stereocenters. The Morgan fingerprint density at radius 2 is 1.40 bits per heavy atom. The number of methoxy groups -OCH3 is 1. The van der Waals surface area contributed by atoms with Gasteiger partial charge in [0.25, 0.3) is 0 Å². The van der Waals surface area contributed by atoms with Crippen molar-refractivity contribution in [2.24, 2.45) is 0 Å². The third-order valence-electron chi connectivity index (χ3n) is 6.92. The summed E-state index contributed by atoms with van der Waals surface area (Å²) >= 11 is 0. The summed E-state index contributed by atoms with van der Waals surface area (Å²) in [7, 11) is 1.59. The van der Waals surface area contributed by atoms with Gasteiger partial charge in [0.1, 0.15) is 18.5 Å². The second kappa shape index (κ2) is 14.7. The number of nitrogens with zero attached hydrogens (tertiary/aromatic N) is 2. The van der Waals surface area contributed by atoms with E-state index in [0.29, 0.717) is 17.7 Å². The van der Waals surface area contributed by atoms with E-state index in [9.17, 15) is 19.2 Å². The summed E-state index contributed by atoms with van der Waals surface area (Å²) in [4.78, 5) is 48.3. The van der Waals surface area contributed by atoms with Gasteiger partial charge in [0, 0.05) is 45.4 Å². The Labute approximate surface area is 260 Å². The molecule has 45 heavy (non-hydrogen) atoms. The van der Waals surface area contributed by atoms with Crippen LogP contribution in [0, 0.1) is 6.92 Å². The maximum absolute atomic E-state index is 12.3. The molecule has 240 valence electrons. The van der Waals surface area contributed by atoms with Crippen LogP contribution in [0.25, 0.3) is 5.69 Å². The Bertz CT molecular complexity index is 1500. The molecular formula is C32H36N2O11. The van der Waals surface area contributed by atoms with E-state index in [1.165, 1.54) is 6.92 Å². The second-order valence-electron chi connectivity index (χ2n) is 10.3. The fraction of sp³-hybridized carbons (Fsp3) is 0.406. The monoisotopic (exact) mass is 624 g/mol. The van der Waals surface area contributed by atoms with Crippen LogP contribution in [0.3, 0.4) is 0 Å². The van der Waals surface area contributed by atoms with Crippen molar-refractivity contribution in [1.82, 2.24) is 9.78 Å². The lowest BCUT2D eigenvalue weighted by Crippen LogP contribution is -2.63.